The van der Waals surface area contributed by atoms with Crippen LogP contribution in [0.3, 0.4) is 0 Å². The van der Waals surface area contributed by atoms with E-state index in [4.69, 9.17) is 4.89 Å². The minimum Gasteiger partial charge on any atom is -0.150 e. The van der Waals surface area contributed by atoms with Crippen LogP contribution in [0, 0.1) is 0 Å². The smallest absolute Gasteiger partial charge is 0.150 e. The van der Waals surface area contributed by atoms with Crippen LogP contribution in [-0.2, 0) is 4.57 Å². The molecular formula is C4H10O2PS2+. The third kappa shape index (κ3) is 8.76. The fourth-order valence-electron chi connectivity index (χ4n) is 0.286. The molecule has 2 nitrogen and oxygen atoms in total. The second-order valence-corrected chi connectivity index (χ2v) is 6.19. The van der Waals surface area contributed by atoms with Crippen molar-refractivity contribution >= 4 is 28.4 Å². The topological polar surface area (TPSA) is 37.3 Å². The molecule has 0 aromatic heterocycles. The van der Waals surface area contributed by atoms with Crippen molar-refractivity contribution in [2.45, 2.75) is 19.8 Å². The molecule has 1 N–H and O–H groups in total. The molecule has 54 valence electrons. The summed E-state index contributed by atoms with van der Waals surface area (Å²) < 4.78 is 10.1. The van der Waals surface area contributed by atoms with Gasteiger partial charge in [0.15, 0.2) is 0 Å². The van der Waals surface area contributed by atoms with Crippen molar-refractivity contribution in [3.63, 3.8) is 0 Å². The molecule has 0 bridgehead atoms. The van der Waals surface area contributed by atoms with Crippen molar-refractivity contribution < 1.29 is 9.46 Å². The standard InChI is InChI=1S/C4H9O2PS2/c1-2-3-4-8-9-7(5)6/h2-4H2,1H3/p+1. The molecule has 0 aliphatic heterocycles. The van der Waals surface area contributed by atoms with E-state index in [-0.39, 0.29) is 0 Å². The van der Waals surface area contributed by atoms with Gasteiger partial charge in [-0.1, -0.05) is 13.3 Å². The fraction of sp³-hybridized carbons (Fsp3) is 1.00. The SMILES string of the molecule is CCCCSS[P+](=O)O. The molecule has 1 unspecified atom stereocenters. The highest BCUT2D eigenvalue weighted by atomic mass is 33.3. The first-order valence-electron chi connectivity index (χ1n) is 2.73. The molecule has 0 aliphatic rings. The molecule has 0 fully saturated rings. The van der Waals surface area contributed by atoms with Gasteiger partial charge in [-0.2, -0.15) is 0 Å². The molecule has 0 heterocycles. The second kappa shape index (κ2) is 6.87. The summed E-state index contributed by atoms with van der Waals surface area (Å²) in [5, 5.41) is 0. The van der Waals surface area contributed by atoms with Crippen LogP contribution in [0.5, 0.6) is 0 Å². The quantitative estimate of drug-likeness (QED) is 0.406. The Morgan fingerprint density at radius 1 is 1.67 bits per heavy atom. The summed E-state index contributed by atoms with van der Waals surface area (Å²) in [4.78, 5) is 8.30. The van der Waals surface area contributed by atoms with Crippen molar-refractivity contribution in [1.29, 1.82) is 0 Å². The second-order valence-electron chi connectivity index (χ2n) is 1.49. The van der Waals surface area contributed by atoms with Crippen LogP contribution in [-0.4, -0.2) is 10.6 Å². The Kier molecular flexibility index (Phi) is 7.45. The van der Waals surface area contributed by atoms with E-state index in [0.717, 1.165) is 29.0 Å². The van der Waals surface area contributed by atoms with E-state index < -0.39 is 7.23 Å². The van der Waals surface area contributed by atoms with Gasteiger partial charge in [0.1, 0.15) is 0 Å². The molecule has 0 saturated carbocycles. The van der Waals surface area contributed by atoms with E-state index in [1.54, 1.807) is 0 Å². The summed E-state index contributed by atoms with van der Waals surface area (Å²) in [6.45, 7) is 2.10. The van der Waals surface area contributed by atoms with Gasteiger partial charge >= 0.3 is 7.23 Å². The highest BCUT2D eigenvalue weighted by Crippen LogP contribution is 2.43. The van der Waals surface area contributed by atoms with Gasteiger partial charge in [-0.25, -0.2) is 0 Å². The van der Waals surface area contributed by atoms with Crippen molar-refractivity contribution in [3.05, 3.63) is 0 Å². The summed E-state index contributed by atoms with van der Waals surface area (Å²) in [6.07, 6.45) is 2.27. The Bertz CT molecular complexity index is 88.6. The highest BCUT2D eigenvalue weighted by molar-refractivity contribution is 8.96. The van der Waals surface area contributed by atoms with E-state index in [1.165, 1.54) is 10.8 Å². The monoisotopic (exact) mass is 185 g/mol. The minimum absolute atomic E-state index is 0.975. The lowest BCUT2D eigenvalue weighted by molar-refractivity contribution is 0.520. The Morgan fingerprint density at radius 2 is 2.33 bits per heavy atom. The predicted molar refractivity (Wildman–Crippen MR) is 44.8 cm³/mol. The number of hydrogen-bond donors (Lipinski definition) is 1. The fourth-order valence-corrected chi connectivity index (χ4v) is 3.19. The molecular weight excluding hydrogens is 175 g/mol. The first kappa shape index (κ1) is 9.76. The zero-order chi connectivity index (χ0) is 7.11. The van der Waals surface area contributed by atoms with Crippen LogP contribution in [0.4, 0.5) is 0 Å². The lowest BCUT2D eigenvalue weighted by atomic mass is 10.4. The van der Waals surface area contributed by atoms with Gasteiger partial charge in [-0.3, -0.25) is 0 Å². The average Bonchev–Trinajstić information content (AvgIpc) is 1.80. The first-order chi connectivity index (χ1) is 4.27. The molecule has 1 atom stereocenters. The normalized spacial score (nSPS) is 11.6. The summed E-state index contributed by atoms with van der Waals surface area (Å²) >= 11 is 0. The van der Waals surface area contributed by atoms with Crippen LogP contribution in [0.2, 0.25) is 0 Å². The van der Waals surface area contributed by atoms with Crippen molar-refractivity contribution in [2.75, 3.05) is 5.75 Å². The van der Waals surface area contributed by atoms with E-state index in [2.05, 4.69) is 6.92 Å². The maximum Gasteiger partial charge on any atom is 0.594 e. The Balaban J connectivity index is 2.83. The molecule has 0 spiro atoms. The van der Waals surface area contributed by atoms with Gasteiger partial charge in [0, 0.05) is 5.75 Å². The van der Waals surface area contributed by atoms with Crippen LogP contribution < -0.4 is 0 Å². The molecule has 0 radical (unpaired) electrons. The van der Waals surface area contributed by atoms with Gasteiger partial charge in [-0.15, -0.1) is 4.89 Å². The summed E-state index contributed by atoms with van der Waals surface area (Å²) in [5.74, 6) is 0.975. The number of rotatable bonds is 5. The molecule has 5 heteroatoms. The Morgan fingerprint density at radius 3 is 2.78 bits per heavy atom. The van der Waals surface area contributed by atoms with E-state index >= 15 is 0 Å². The molecule has 0 rings (SSSR count). The summed E-state index contributed by atoms with van der Waals surface area (Å²) in [7, 11) is 0.534. The number of unbranched alkanes of at least 4 members (excludes halogenated alkanes) is 1. The first-order valence-corrected chi connectivity index (χ1v) is 6.86. The van der Waals surface area contributed by atoms with Gasteiger partial charge in [-0.05, 0) is 21.8 Å². The minimum atomic E-state index is -1.99. The van der Waals surface area contributed by atoms with Crippen LogP contribution in [0.25, 0.3) is 0 Å². The van der Waals surface area contributed by atoms with Crippen molar-refractivity contribution in [3.8, 4) is 0 Å². The third-order valence-corrected chi connectivity index (χ3v) is 4.68. The molecule has 0 aromatic carbocycles. The largest absolute Gasteiger partial charge is 0.594 e. The number of hydrogen-bond acceptors (Lipinski definition) is 3. The van der Waals surface area contributed by atoms with Gasteiger partial charge in [0.25, 0.3) is 0 Å². The third-order valence-electron chi connectivity index (χ3n) is 0.698. The predicted octanol–water partition coefficient (Wildman–Crippen LogP) is 2.82. The maximum atomic E-state index is 10.1. The van der Waals surface area contributed by atoms with E-state index in [9.17, 15) is 4.57 Å². The molecule has 0 aromatic rings. The van der Waals surface area contributed by atoms with Crippen LogP contribution in [0.15, 0.2) is 0 Å². The molecule has 0 aliphatic carbocycles. The lowest BCUT2D eigenvalue weighted by Gasteiger charge is -1.86. The lowest BCUT2D eigenvalue weighted by Crippen LogP contribution is -1.70. The highest BCUT2D eigenvalue weighted by Gasteiger charge is 2.11. The zero-order valence-electron chi connectivity index (χ0n) is 5.24. The van der Waals surface area contributed by atoms with Crippen molar-refractivity contribution in [1.82, 2.24) is 0 Å². The average molecular weight is 185 g/mol. The Hall–Kier alpha value is 0.760. The Labute approximate surface area is 63.8 Å². The van der Waals surface area contributed by atoms with E-state index in [1.807, 2.05) is 0 Å². The van der Waals surface area contributed by atoms with Gasteiger partial charge < -0.3 is 0 Å². The van der Waals surface area contributed by atoms with Crippen LogP contribution in [0.1, 0.15) is 19.8 Å². The molecule has 0 saturated heterocycles. The molecule has 0 amide bonds. The van der Waals surface area contributed by atoms with Crippen LogP contribution >= 0.6 is 28.4 Å². The van der Waals surface area contributed by atoms with E-state index in [0.29, 0.717) is 0 Å². The maximum absolute atomic E-state index is 10.1. The molecule has 9 heavy (non-hydrogen) atoms. The van der Waals surface area contributed by atoms with Gasteiger partial charge in [0.2, 0.25) is 10.4 Å². The van der Waals surface area contributed by atoms with Gasteiger partial charge in [0.05, 0.1) is 0 Å². The summed E-state index contributed by atoms with van der Waals surface area (Å²) in [5.41, 5.74) is 0. The summed E-state index contributed by atoms with van der Waals surface area (Å²) in [6, 6.07) is 0. The van der Waals surface area contributed by atoms with Crippen molar-refractivity contribution in [2.24, 2.45) is 0 Å². The zero-order valence-corrected chi connectivity index (χ0v) is 7.77.